The number of piperazine rings is 1. The van der Waals surface area contributed by atoms with Crippen LogP contribution in [0.5, 0.6) is 5.75 Å². The molecule has 202 valence electrons. The number of alkyl halides is 3. The average Bonchev–Trinajstić information content (AvgIpc) is 2.79. The quantitative estimate of drug-likeness (QED) is 0.514. The molecule has 3 fully saturated rings. The lowest BCUT2D eigenvalue weighted by atomic mass is 9.85. The molecule has 0 bridgehead atoms. The minimum atomic E-state index is -4.67. The molecule has 36 heavy (non-hydrogen) atoms. The third kappa shape index (κ3) is 5.88. The first-order valence-electron chi connectivity index (χ1n) is 11.9. The van der Waals surface area contributed by atoms with Crippen molar-refractivity contribution < 1.29 is 45.0 Å². The molecule has 2 saturated heterocycles. The van der Waals surface area contributed by atoms with Crippen LogP contribution in [-0.2, 0) is 19.3 Å². The maximum atomic E-state index is 14.2. The lowest BCUT2D eigenvalue weighted by Crippen LogP contribution is -2.64. The van der Waals surface area contributed by atoms with Crippen LogP contribution >= 0.6 is 0 Å². The van der Waals surface area contributed by atoms with E-state index in [4.69, 9.17) is 9.47 Å². The second kappa shape index (κ2) is 10.3. The molecule has 2 heterocycles. The highest BCUT2D eigenvalue weighted by atomic mass is 32.2. The van der Waals surface area contributed by atoms with E-state index in [9.17, 15) is 30.8 Å². The monoisotopic (exact) mass is 538 g/mol. The molecule has 8 nitrogen and oxygen atoms in total. The summed E-state index contributed by atoms with van der Waals surface area (Å²) in [6.07, 6.45) is -1.11. The molecule has 0 radical (unpaired) electrons. The van der Waals surface area contributed by atoms with Crippen LogP contribution in [0.3, 0.4) is 0 Å². The number of hydrogen-bond acceptors (Lipinski definition) is 7. The first-order valence-corrected chi connectivity index (χ1v) is 13.8. The third-order valence-corrected chi connectivity index (χ3v) is 8.29. The van der Waals surface area contributed by atoms with Crippen molar-refractivity contribution in [3.8, 4) is 5.75 Å². The molecule has 3 aliphatic rings. The van der Waals surface area contributed by atoms with Crippen LogP contribution in [0.4, 0.5) is 22.4 Å². The van der Waals surface area contributed by atoms with E-state index < -0.39 is 46.7 Å². The van der Waals surface area contributed by atoms with Gasteiger partial charge in [0.05, 0.1) is 24.7 Å². The number of sulfone groups is 1. The van der Waals surface area contributed by atoms with E-state index in [1.54, 1.807) is 0 Å². The van der Waals surface area contributed by atoms with E-state index >= 15 is 0 Å². The summed E-state index contributed by atoms with van der Waals surface area (Å²) in [5.41, 5.74) is -2.54. The summed E-state index contributed by atoms with van der Waals surface area (Å²) in [5, 5.41) is 0. The van der Waals surface area contributed by atoms with Crippen molar-refractivity contribution in [3.05, 3.63) is 24.0 Å². The Labute approximate surface area is 207 Å². The van der Waals surface area contributed by atoms with Crippen LogP contribution in [0, 0.1) is 11.7 Å². The SMILES string of the molecule is CS(=O)(=O)c1ccc(OC[C@H]2CC[C@H](N3CCN(C(=O)OC4(C(F)(F)F)COC4)CC3)CC2)c(F)c1. The molecule has 0 aromatic heterocycles. The molecule has 1 aliphatic carbocycles. The highest BCUT2D eigenvalue weighted by molar-refractivity contribution is 7.90. The Morgan fingerprint density at radius 3 is 2.25 bits per heavy atom. The van der Waals surface area contributed by atoms with Crippen LogP contribution in [0.25, 0.3) is 0 Å². The number of carbonyl (C=O) groups excluding carboxylic acids is 1. The maximum absolute atomic E-state index is 14.2. The van der Waals surface area contributed by atoms with Crippen LogP contribution in [-0.4, -0.2) is 94.4 Å². The number of halogens is 4. The van der Waals surface area contributed by atoms with Gasteiger partial charge in [0.25, 0.3) is 5.60 Å². The summed E-state index contributed by atoms with van der Waals surface area (Å²) in [6.45, 7) is 0.662. The zero-order valence-electron chi connectivity index (χ0n) is 19.9. The van der Waals surface area contributed by atoms with Gasteiger partial charge in [0.1, 0.15) is 0 Å². The standard InChI is InChI=1S/C23H30F4N2O6S/c1-36(31,32)18-6-7-20(19(24)12-18)34-13-16-2-4-17(5-3-16)28-8-10-29(11-9-28)21(30)35-22(14-33-15-22)23(25,26)27/h6-7,12,16-17H,2-5,8-11,13-15H2,1H3/t16-,17-. The molecule has 1 aromatic rings. The fourth-order valence-corrected chi connectivity index (χ4v) is 5.42. The topological polar surface area (TPSA) is 85.4 Å². The van der Waals surface area contributed by atoms with E-state index in [-0.39, 0.29) is 16.6 Å². The highest BCUT2D eigenvalue weighted by Crippen LogP contribution is 2.40. The number of nitrogens with zero attached hydrogens (tertiary/aromatic N) is 2. The summed E-state index contributed by atoms with van der Waals surface area (Å²) in [7, 11) is -3.49. The second-order valence-corrected chi connectivity index (χ2v) is 11.7. The van der Waals surface area contributed by atoms with Crippen LogP contribution in [0.1, 0.15) is 25.7 Å². The predicted molar refractivity (Wildman–Crippen MR) is 120 cm³/mol. The van der Waals surface area contributed by atoms with Crippen LogP contribution in [0.2, 0.25) is 0 Å². The normalized spacial score (nSPS) is 25.2. The minimum absolute atomic E-state index is 0.0216. The van der Waals surface area contributed by atoms with Crippen molar-refractivity contribution in [1.82, 2.24) is 9.80 Å². The molecular weight excluding hydrogens is 508 g/mol. The van der Waals surface area contributed by atoms with E-state index in [1.165, 1.54) is 17.0 Å². The average molecular weight is 539 g/mol. The van der Waals surface area contributed by atoms with Gasteiger partial charge in [-0.15, -0.1) is 0 Å². The lowest BCUT2D eigenvalue weighted by Gasteiger charge is -2.44. The van der Waals surface area contributed by atoms with Gasteiger partial charge in [-0.2, -0.15) is 13.2 Å². The predicted octanol–water partition coefficient (Wildman–Crippen LogP) is 3.25. The number of benzene rings is 1. The van der Waals surface area contributed by atoms with Gasteiger partial charge >= 0.3 is 12.3 Å². The van der Waals surface area contributed by atoms with Crippen molar-refractivity contribution >= 4 is 15.9 Å². The Hall–Kier alpha value is -2.12. The first-order chi connectivity index (χ1) is 16.9. The van der Waals surface area contributed by atoms with Gasteiger partial charge in [-0.05, 0) is 49.8 Å². The zero-order valence-corrected chi connectivity index (χ0v) is 20.7. The number of ether oxygens (including phenoxy) is 3. The molecule has 13 heteroatoms. The first kappa shape index (κ1) is 26.9. The lowest BCUT2D eigenvalue weighted by molar-refractivity contribution is -0.333. The number of hydrogen-bond donors (Lipinski definition) is 0. The minimum Gasteiger partial charge on any atom is -0.490 e. The maximum Gasteiger partial charge on any atom is 0.433 e. The van der Waals surface area contributed by atoms with E-state index in [1.807, 2.05) is 0 Å². The van der Waals surface area contributed by atoms with Crippen molar-refractivity contribution in [2.45, 2.75) is 48.4 Å². The Kier molecular flexibility index (Phi) is 7.73. The van der Waals surface area contributed by atoms with Crippen LogP contribution < -0.4 is 4.74 Å². The molecule has 4 rings (SSSR count). The van der Waals surface area contributed by atoms with Crippen LogP contribution in [0.15, 0.2) is 23.1 Å². The molecular formula is C23H30F4N2O6S. The van der Waals surface area contributed by atoms with Crippen molar-refractivity contribution in [2.24, 2.45) is 5.92 Å². The second-order valence-electron chi connectivity index (χ2n) is 9.73. The van der Waals surface area contributed by atoms with Gasteiger partial charge < -0.3 is 19.1 Å². The Bertz CT molecular complexity index is 1050. The molecule has 0 atom stereocenters. The van der Waals surface area contributed by atoms with Gasteiger partial charge in [0, 0.05) is 38.5 Å². The third-order valence-electron chi connectivity index (χ3n) is 7.18. The summed E-state index contributed by atoms with van der Waals surface area (Å²) in [4.78, 5) is 15.8. The van der Waals surface area contributed by atoms with Gasteiger partial charge in [0.2, 0.25) is 0 Å². The Morgan fingerprint density at radius 2 is 1.75 bits per heavy atom. The zero-order chi connectivity index (χ0) is 26.1. The van der Waals surface area contributed by atoms with Gasteiger partial charge in [-0.1, -0.05) is 0 Å². The summed E-state index contributed by atoms with van der Waals surface area (Å²) in [6, 6.07) is 3.91. The molecule has 0 spiro atoms. The largest absolute Gasteiger partial charge is 0.490 e. The van der Waals surface area contributed by atoms with Crippen molar-refractivity contribution in [1.29, 1.82) is 0 Å². The number of carbonyl (C=O) groups is 1. The van der Waals surface area contributed by atoms with E-state index in [0.717, 1.165) is 38.0 Å². The molecule has 0 N–H and O–H groups in total. The fourth-order valence-electron chi connectivity index (χ4n) is 4.78. The van der Waals surface area contributed by atoms with E-state index in [0.29, 0.717) is 38.8 Å². The number of rotatable bonds is 6. The smallest absolute Gasteiger partial charge is 0.433 e. The molecule has 2 aliphatic heterocycles. The summed E-state index contributed by atoms with van der Waals surface area (Å²) < 4.78 is 92.0. The van der Waals surface area contributed by atoms with Gasteiger partial charge in [0.15, 0.2) is 21.4 Å². The van der Waals surface area contributed by atoms with E-state index in [2.05, 4.69) is 9.64 Å². The van der Waals surface area contributed by atoms with Crippen molar-refractivity contribution in [3.63, 3.8) is 0 Å². The molecule has 1 aromatic carbocycles. The Morgan fingerprint density at radius 1 is 1.11 bits per heavy atom. The Balaban J connectivity index is 1.19. The molecule has 1 saturated carbocycles. The van der Waals surface area contributed by atoms with Gasteiger partial charge in [-0.25, -0.2) is 17.6 Å². The summed E-state index contributed by atoms with van der Waals surface area (Å²) >= 11 is 0. The van der Waals surface area contributed by atoms with Crippen molar-refractivity contribution in [2.75, 3.05) is 52.3 Å². The molecule has 1 amide bonds. The summed E-state index contributed by atoms with van der Waals surface area (Å²) in [5.74, 6) is -0.461. The molecule has 0 unspecified atom stereocenters. The van der Waals surface area contributed by atoms with Gasteiger partial charge in [-0.3, -0.25) is 4.90 Å². The highest BCUT2D eigenvalue weighted by Gasteiger charge is 2.64. The fraction of sp³-hybridized carbons (Fsp3) is 0.696. The number of amides is 1.